The standard InChI is InChI=1S/C40H72O5/c1-5-9-13-17-21-25-29-33-44-38-36(32-28-24-20-16-12-8-4)34(30-26-22-18-14-10-6-2)35(31-27-23-19-15-11-7-3)37(41)39(38)45-40(42)43/h41H,5-33H2,1-4H3,(H,42,43). The van der Waals surface area contributed by atoms with Gasteiger partial charge >= 0.3 is 6.16 Å². The fourth-order valence-corrected chi connectivity index (χ4v) is 6.49. The molecule has 262 valence electrons. The van der Waals surface area contributed by atoms with Crippen molar-refractivity contribution in [1.82, 2.24) is 0 Å². The molecule has 0 aliphatic rings. The summed E-state index contributed by atoms with van der Waals surface area (Å²) in [6, 6.07) is 0. The molecule has 5 nitrogen and oxygen atoms in total. The molecule has 0 bridgehead atoms. The Morgan fingerprint density at radius 2 is 0.822 bits per heavy atom. The number of unbranched alkanes of at least 4 members (excludes halogenated alkanes) is 21. The molecule has 0 amide bonds. The molecule has 2 N–H and O–H groups in total. The van der Waals surface area contributed by atoms with Gasteiger partial charge < -0.3 is 19.7 Å². The third kappa shape index (κ3) is 18.7. The van der Waals surface area contributed by atoms with Gasteiger partial charge in [-0.1, -0.05) is 163 Å². The number of hydrogen-bond acceptors (Lipinski definition) is 4. The van der Waals surface area contributed by atoms with E-state index in [2.05, 4.69) is 27.7 Å². The van der Waals surface area contributed by atoms with E-state index in [9.17, 15) is 15.0 Å². The minimum absolute atomic E-state index is 0.00629. The molecule has 5 heteroatoms. The van der Waals surface area contributed by atoms with Crippen molar-refractivity contribution in [3.05, 3.63) is 16.7 Å². The maximum Gasteiger partial charge on any atom is 0.511 e. The van der Waals surface area contributed by atoms with E-state index in [-0.39, 0.29) is 11.5 Å². The van der Waals surface area contributed by atoms with Crippen LogP contribution in [-0.4, -0.2) is 23.0 Å². The average molecular weight is 633 g/mol. The van der Waals surface area contributed by atoms with Crippen molar-refractivity contribution in [2.75, 3.05) is 6.61 Å². The number of rotatable bonds is 31. The molecule has 1 aromatic carbocycles. The van der Waals surface area contributed by atoms with Crippen molar-refractivity contribution < 1.29 is 24.5 Å². The Morgan fingerprint density at radius 3 is 1.24 bits per heavy atom. The monoisotopic (exact) mass is 633 g/mol. The summed E-state index contributed by atoms with van der Waals surface area (Å²) in [7, 11) is 0. The van der Waals surface area contributed by atoms with Gasteiger partial charge in [-0.25, -0.2) is 4.79 Å². The second-order valence-electron chi connectivity index (χ2n) is 13.3. The van der Waals surface area contributed by atoms with E-state index in [0.717, 1.165) is 75.3 Å². The normalized spacial score (nSPS) is 11.3. The Kier molecular flexibility index (Phi) is 25.9. The number of phenolic OH excluding ortho intramolecular Hbond substituents is 1. The van der Waals surface area contributed by atoms with Gasteiger partial charge in [-0.3, -0.25) is 0 Å². The highest BCUT2D eigenvalue weighted by atomic mass is 16.7. The van der Waals surface area contributed by atoms with E-state index in [0.29, 0.717) is 12.4 Å². The summed E-state index contributed by atoms with van der Waals surface area (Å²) in [6.07, 6.45) is 30.9. The van der Waals surface area contributed by atoms with Crippen LogP contribution in [0.2, 0.25) is 0 Å². The molecule has 0 fully saturated rings. The van der Waals surface area contributed by atoms with Crippen LogP contribution in [0.1, 0.15) is 205 Å². The van der Waals surface area contributed by atoms with Gasteiger partial charge in [0.2, 0.25) is 5.75 Å². The molecule has 1 aromatic rings. The highest BCUT2D eigenvalue weighted by Gasteiger charge is 2.27. The fourth-order valence-electron chi connectivity index (χ4n) is 6.49. The highest BCUT2D eigenvalue weighted by Crippen LogP contribution is 2.47. The fraction of sp³-hybridized carbons (Fsp3) is 0.825. The number of hydrogen-bond donors (Lipinski definition) is 2. The van der Waals surface area contributed by atoms with Crippen molar-refractivity contribution in [2.24, 2.45) is 0 Å². The number of carbonyl (C=O) groups is 1. The van der Waals surface area contributed by atoms with Gasteiger partial charge in [0.05, 0.1) is 6.61 Å². The molecule has 45 heavy (non-hydrogen) atoms. The molecule has 0 saturated carbocycles. The molecular formula is C40H72O5. The largest absolute Gasteiger partial charge is 0.511 e. The van der Waals surface area contributed by atoms with Gasteiger partial charge in [0.15, 0.2) is 11.5 Å². The summed E-state index contributed by atoms with van der Waals surface area (Å²) in [5.74, 6) is 0.509. The Bertz CT molecular complexity index is 865. The van der Waals surface area contributed by atoms with Crippen LogP contribution in [0.5, 0.6) is 17.2 Å². The summed E-state index contributed by atoms with van der Waals surface area (Å²) < 4.78 is 11.8. The predicted octanol–water partition coefficient (Wildman–Crippen LogP) is 13.3. The zero-order valence-corrected chi connectivity index (χ0v) is 30.1. The van der Waals surface area contributed by atoms with Crippen LogP contribution in [0.4, 0.5) is 4.79 Å². The number of ether oxygens (including phenoxy) is 2. The molecule has 0 atom stereocenters. The summed E-state index contributed by atoms with van der Waals surface area (Å²) in [4.78, 5) is 11.9. The first kappa shape index (κ1) is 41.1. The lowest BCUT2D eigenvalue weighted by Gasteiger charge is -2.24. The molecule has 0 unspecified atom stereocenters. The molecule has 0 aliphatic carbocycles. The van der Waals surface area contributed by atoms with Gasteiger partial charge in [-0.2, -0.15) is 0 Å². The van der Waals surface area contributed by atoms with Crippen molar-refractivity contribution in [3.63, 3.8) is 0 Å². The lowest BCUT2D eigenvalue weighted by atomic mass is 9.88. The predicted molar refractivity (Wildman–Crippen MR) is 191 cm³/mol. The maximum atomic E-state index is 11.9. The van der Waals surface area contributed by atoms with Gasteiger partial charge in [-0.15, -0.1) is 0 Å². The molecule has 0 saturated heterocycles. The van der Waals surface area contributed by atoms with Crippen LogP contribution in [0.3, 0.4) is 0 Å². The summed E-state index contributed by atoms with van der Waals surface area (Å²) in [5.41, 5.74) is 3.20. The van der Waals surface area contributed by atoms with Crippen LogP contribution in [0, 0.1) is 0 Å². The summed E-state index contributed by atoms with van der Waals surface area (Å²) >= 11 is 0. The third-order valence-electron chi connectivity index (χ3n) is 9.23. The Hall–Kier alpha value is -1.91. The smallest absolute Gasteiger partial charge is 0.504 e. The van der Waals surface area contributed by atoms with Gasteiger partial charge in [-0.05, 0) is 50.5 Å². The molecule has 0 aromatic heterocycles. The first-order chi connectivity index (χ1) is 22.0. The SMILES string of the molecule is CCCCCCCCCOc1c(CCCCCCCC)c(CCCCCCCC)c(CCCCCCCC)c(O)c1OC(=O)O. The summed E-state index contributed by atoms with van der Waals surface area (Å²) in [5, 5.41) is 21.4. The molecule has 0 heterocycles. The molecule has 0 aliphatic heterocycles. The van der Waals surface area contributed by atoms with Gasteiger partial charge in [0.25, 0.3) is 0 Å². The van der Waals surface area contributed by atoms with E-state index >= 15 is 0 Å². The minimum Gasteiger partial charge on any atom is -0.504 e. The second-order valence-corrected chi connectivity index (χ2v) is 13.3. The van der Waals surface area contributed by atoms with Crippen LogP contribution in [0.25, 0.3) is 0 Å². The zero-order valence-electron chi connectivity index (χ0n) is 30.1. The van der Waals surface area contributed by atoms with Crippen LogP contribution >= 0.6 is 0 Å². The van der Waals surface area contributed by atoms with Crippen LogP contribution in [-0.2, 0) is 19.3 Å². The molecule has 1 rings (SSSR count). The number of phenols is 1. The average Bonchev–Trinajstić information content (AvgIpc) is 3.02. The van der Waals surface area contributed by atoms with E-state index in [1.165, 1.54) is 121 Å². The Balaban J connectivity index is 3.34. The number of aromatic hydroxyl groups is 1. The van der Waals surface area contributed by atoms with E-state index in [4.69, 9.17) is 9.47 Å². The lowest BCUT2D eigenvalue weighted by Crippen LogP contribution is -2.12. The van der Waals surface area contributed by atoms with Crippen molar-refractivity contribution in [2.45, 2.75) is 207 Å². The van der Waals surface area contributed by atoms with Crippen molar-refractivity contribution in [3.8, 4) is 17.2 Å². The quantitative estimate of drug-likeness (QED) is 0.0484. The highest BCUT2D eigenvalue weighted by molar-refractivity contribution is 5.70. The molecular weight excluding hydrogens is 560 g/mol. The van der Waals surface area contributed by atoms with Crippen molar-refractivity contribution >= 4 is 6.16 Å². The van der Waals surface area contributed by atoms with Crippen LogP contribution < -0.4 is 9.47 Å². The van der Waals surface area contributed by atoms with Gasteiger partial charge in [0.1, 0.15) is 0 Å². The van der Waals surface area contributed by atoms with E-state index < -0.39 is 6.16 Å². The van der Waals surface area contributed by atoms with Gasteiger partial charge in [0, 0.05) is 11.1 Å². The Morgan fingerprint density at radius 1 is 0.467 bits per heavy atom. The number of benzene rings is 1. The third-order valence-corrected chi connectivity index (χ3v) is 9.23. The summed E-state index contributed by atoms with van der Waals surface area (Å²) in [6.45, 7) is 9.48. The molecule has 0 radical (unpaired) electrons. The number of carboxylic acid groups (broad SMARTS) is 1. The topological polar surface area (TPSA) is 76.0 Å². The van der Waals surface area contributed by atoms with E-state index in [1.807, 2.05) is 0 Å². The molecule has 0 spiro atoms. The first-order valence-corrected chi connectivity index (χ1v) is 19.4. The van der Waals surface area contributed by atoms with Crippen LogP contribution in [0.15, 0.2) is 0 Å². The van der Waals surface area contributed by atoms with Crippen molar-refractivity contribution in [1.29, 1.82) is 0 Å². The second kappa shape index (κ2) is 28.3. The lowest BCUT2D eigenvalue weighted by molar-refractivity contribution is 0.140. The Labute approximate surface area is 278 Å². The minimum atomic E-state index is -1.40. The first-order valence-electron chi connectivity index (χ1n) is 19.4. The zero-order chi connectivity index (χ0) is 33.0. The van der Waals surface area contributed by atoms with E-state index in [1.54, 1.807) is 0 Å². The maximum absolute atomic E-state index is 11.9.